The number of fused-ring (bicyclic) bond motifs is 1. The number of aromatic hydroxyl groups is 1. The van der Waals surface area contributed by atoms with E-state index in [-0.39, 0.29) is 5.75 Å². The molecule has 0 bridgehead atoms. The van der Waals surface area contributed by atoms with Gasteiger partial charge in [-0.2, -0.15) is 0 Å². The number of hydrogen-bond donors (Lipinski definition) is 2. The van der Waals surface area contributed by atoms with Crippen LogP contribution in [0.25, 0.3) is 16.9 Å². The maximum atomic E-state index is 9.26. The smallest absolute Gasteiger partial charge is 0.144 e. The number of aromatic nitrogens is 2. The van der Waals surface area contributed by atoms with Gasteiger partial charge in [-0.15, -0.1) is 0 Å². The molecule has 0 saturated carbocycles. The highest BCUT2D eigenvalue weighted by Crippen LogP contribution is 2.22. The standard InChI is InChI=1S/C13H11N3O/c14-10-3-4-11-7-15-13(16(11)8-10)9-1-5-12(17)6-2-9/h1-8,17H,14H2. The molecule has 84 valence electrons. The number of nitrogens with zero attached hydrogens (tertiary/aromatic N) is 2. The van der Waals surface area contributed by atoms with E-state index in [1.807, 2.05) is 34.9 Å². The number of hydrogen-bond acceptors (Lipinski definition) is 3. The van der Waals surface area contributed by atoms with E-state index in [9.17, 15) is 5.11 Å². The lowest BCUT2D eigenvalue weighted by atomic mass is 10.2. The van der Waals surface area contributed by atoms with Crippen molar-refractivity contribution in [1.82, 2.24) is 9.38 Å². The molecule has 0 aliphatic carbocycles. The van der Waals surface area contributed by atoms with E-state index in [0.29, 0.717) is 5.69 Å². The molecule has 3 aromatic rings. The van der Waals surface area contributed by atoms with Crippen molar-refractivity contribution in [2.75, 3.05) is 5.73 Å². The van der Waals surface area contributed by atoms with E-state index in [4.69, 9.17) is 5.73 Å². The Hall–Kier alpha value is -2.49. The van der Waals surface area contributed by atoms with Gasteiger partial charge in [0, 0.05) is 17.4 Å². The fourth-order valence-electron chi connectivity index (χ4n) is 1.83. The maximum Gasteiger partial charge on any atom is 0.144 e. The van der Waals surface area contributed by atoms with E-state index in [0.717, 1.165) is 16.9 Å². The number of phenols is 1. The van der Waals surface area contributed by atoms with Gasteiger partial charge in [0.15, 0.2) is 0 Å². The summed E-state index contributed by atoms with van der Waals surface area (Å²) in [6.45, 7) is 0. The van der Waals surface area contributed by atoms with Crippen LogP contribution in [0.4, 0.5) is 5.69 Å². The van der Waals surface area contributed by atoms with Crippen molar-refractivity contribution in [2.45, 2.75) is 0 Å². The number of nitrogen functional groups attached to an aromatic ring is 1. The zero-order chi connectivity index (χ0) is 11.8. The average Bonchev–Trinajstić information content (AvgIpc) is 2.73. The van der Waals surface area contributed by atoms with Crippen LogP contribution in [-0.4, -0.2) is 14.5 Å². The molecular formula is C13H11N3O. The van der Waals surface area contributed by atoms with Crippen molar-refractivity contribution >= 4 is 11.2 Å². The molecule has 0 aliphatic heterocycles. The largest absolute Gasteiger partial charge is 0.508 e. The number of benzene rings is 1. The molecule has 2 aromatic heterocycles. The van der Waals surface area contributed by atoms with Gasteiger partial charge in [0.05, 0.1) is 11.7 Å². The predicted octanol–water partition coefficient (Wildman–Crippen LogP) is 2.29. The second-order valence-corrected chi connectivity index (χ2v) is 3.89. The molecule has 4 heteroatoms. The van der Waals surface area contributed by atoms with E-state index in [2.05, 4.69) is 4.98 Å². The van der Waals surface area contributed by atoms with Crippen LogP contribution < -0.4 is 5.73 Å². The number of nitrogens with two attached hydrogens (primary N) is 1. The zero-order valence-electron chi connectivity index (χ0n) is 9.04. The first kappa shape index (κ1) is 9.72. The number of anilines is 1. The Balaban J connectivity index is 2.23. The first-order valence-electron chi connectivity index (χ1n) is 5.26. The molecule has 0 spiro atoms. The summed E-state index contributed by atoms with van der Waals surface area (Å²) in [6.07, 6.45) is 3.63. The van der Waals surface area contributed by atoms with Gasteiger partial charge in [-0.3, -0.25) is 4.40 Å². The van der Waals surface area contributed by atoms with E-state index in [1.165, 1.54) is 0 Å². The summed E-state index contributed by atoms with van der Waals surface area (Å²) in [7, 11) is 0. The minimum absolute atomic E-state index is 0.245. The highest BCUT2D eigenvalue weighted by molar-refractivity contribution is 5.64. The second kappa shape index (κ2) is 3.52. The van der Waals surface area contributed by atoms with Crippen molar-refractivity contribution < 1.29 is 5.11 Å². The molecule has 4 nitrogen and oxygen atoms in total. The third-order valence-electron chi connectivity index (χ3n) is 2.68. The number of imidazole rings is 1. The van der Waals surface area contributed by atoms with Gasteiger partial charge in [-0.05, 0) is 36.4 Å². The van der Waals surface area contributed by atoms with Gasteiger partial charge in [0.2, 0.25) is 0 Å². The van der Waals surface area contributed by atoms with Gasteiger partial charge in [-0.1, -0.05) is 0 Å². The van der Waals surface area contributed by atoms with Crippen LogP contribution in [0.15, 0.2) is 48.8 Å². The Labute approximate surface area is 98.0 Å². The van der Waals surface area contributed by atoms with Crippen LogP contribution in [0.3, 0.4) is 0 Å². The van der Waals surface area contributed by atoms with Crippen LogP contribution >= 0.6 is 0 Å². The molecule has 0 saturated heterocycles. The molecule has 17 heavy (non-hydrogen) atoms. The molecule has 0 aliphatic rings. The molecule has 1 aromatic carbocycles. The zero-order valence-corrected chi connectivity index (χ0v) is 9.04. The van der Waals surface area contributed by atoms with Crippen LogP contribution in [-0.2, 0) is 0 Å². The molecule has 3 N–H and O–H groups in total. The van der Waals surface area contributed by atoms with Crippen molar-refractivity contribution in [3.63, 3.8) is 0 Å². The Kier molecular flexibility index (Phi) is 2.01. The Bertz CT molecular complexity index is 671. The Morgan fingerprint density at radius 3 is 2.59 bits per heavy atom. The monoisotopic (exact) mass is 225 g/mol. The Morgan fingerprint density at radius 2 is 1.82 bits per heavy atom. The number of rotatable bonds is 1. The molecule has 0 radical (unpaired) electrons. The third-order valence-corrected chi connectivity index (χ3v) is 2.68. The highest BCUT2D eigenvalue weighted by Gasteiger charge is 2.06. The minimum Gasteiger partial charge on any atom is -0.508 e. The topological polar surface area (TPSA) is 63.5 Å². The minimum atomic E-state index is 0.245. The highest BCUT2D eigenvalue weighted by atomic mass is 16.3. The molecule has 0 unspecified atom stereocenters. The number of pyridine rings is 1. The van der Waals surface area contributed by atoms with Gasteiger partial charge in [0.1, 0.15) is 11.6 Å². The lowest BCUT2D eigenvalue weighted by molar-refractivity contribution is 0.475. The fraction of sp³-hybridized carbons (Fsp3) is 0. The second-order valence-electron chi connectivity index (χ2n) is 3.89. The number of phenolic OH excluding ortho intramolecular Hbond substituents is 1. The lowest BCUT2D eigenvalue weighted by Crippen LogP contribution is -1.92. The first-order valence-corrected chi connectivity index (χ1v) is 5.26. The molecule has 3 rings (SSSR count). The summed E-state index contributed by atoms with van der Waals surface area (Å²) >= 11 is 0. The van der Waals surface area contributed by atoms with Crippen molar-refractivity contribution in [2.24, 2.45) is 0 Å². The predicted molar refractivity (Wildman–Crippen MR) is 66.7 cm³/mol. The van der Waals surface area contributed by atoms with Crippen LogP contribution in [0.5, 0.6) is 5.75 Å². The summed E-state index contributed by atoms with van der Waals surface area (Å²) in [5.74, 6) is 1.06. The third kappa shape index (κ3) is 1.59. The van der Waals surface area contributed by atoms with Gasteiger partial charge in [-0.25, -0.2) is 4.98 Å². The first-order chi connectivity index (χ1) is 8.24. The van der Waals surface area contributed by atoms with Gasteiger partial charge >= 0.3 is 0 Å². The summed E-state index contributed by atoms with van der Waals surface area (Å²) in [5.41, 5.74) is 8.38. The summed E-state index contributed by atoms with van der Waals surface area (Å²) < 4.78 is 1.93. The quantitative estimate of drug-likeness (QED) is 0.667. The summed E-state index contributed by atoms with van der Waals surface area (Å²) in [6, 6.07) is 10.7. The lowest BCUT2D eigenvalue weighted by Gasteiger charge is -2.02. The molecular weight excluding hydrogens is 214 g/mol. The van der Waals surface area contributed by atoms with E-state index < -0.39 is 0 Å². The van der Waals surface area contributed by atoms with Gasteiger partial charge in [0.25, 0.3) is 0 Å². The fourth-order valence-corrected chi connectivity index (χ4v) is 1.83. The van der Waals surface area contributed by atoms with E-state index in [1.54, 1.807) is 18.3 Å². The van der Waals surface area contributed by atoms with Crippen molar-refractivity contribution in [1.29, 1.82) is 0 Å². The van der Waals surface area contributed by atoms with Gasteiger partial charge < -0.3 is 10.8 Å². The van der Waals surface area contributed by atoms with Crippen molar-refractivity contribution in [3.05, 3.63) is 48.8 Å². The molecule has 2 heterocycles. The van der Waals surface area contributed by atoms with Crippen LogP contribution in [0.1, 0.15) is 0 Å². The van der Waals surface area contributed by atoms with E-state index >= 15 is 0 Å². The van der Waals surface area contributed by atoms with Crippen LogP contribution in [0.2, 0.25) is 0 Å². The maximum absolute atomic E-state index is 9.26. The SMILES string of the molecule is Nc1ccc2cnc(-c3ccc(O)cc3)n2c1. The summed E-state index contributed by atoms with van der Waals surface area (Å²) in [5, 5.41) is 9.26. The molecule has 0 atom stereocenters. The Morgan fingerprint density at radius 1 is 1.06 bits per heavy atom. The van der Waals surface area contributed by atoms with Crippen LogP contribution in [0, 0.1) is 0 Å². The van der Waals surface area contributed by atoms with Crippen molar-refractivity contribution in [3.8, 4) is 17.1 Å². The molecule has 0 fully saturated rings. The normalized spacial score (nSPS) is 10.8. The molecule has 0 amide bonds. The summed E-state index contributed by atoms with van der Waals surface area (Å²) in [4.78, 5) is 4.36. The average molecular weight is 225 g/mol.